The van der Waals surface area contributed by atoms with Crippen LogP contribution in [0.3, 0.4) is 0 Å². The van der Waals surface area contributed by atoms with Gasteiger partial charge in [0.25, 0.3) is 0 Å². The van der Waals surface area contributed by atoms with E-state index in [0.717, 1.165) is 5.56 Å². The Kier molecular flexibility index (Phi) is 4.46. The Morgan fingerprint density at radius 3 is 2.50 bits per heavy atom. The molecule has 0 spiro atoms. The maximum atomic E-state index is 12.2. The highest BCUT2D eigenvalue weighted by molar-refractivity contribution is 7.51. The van der Waals surface area contributed by atoms with E-state index in [1.54, 1.807) is 0 Å². The average molecular weight is 290 g/mol. The molecule has 0 atom stereocenters. The molecule has 0 aliphatic carbocycles. The fraction of sp³-hybridized carbons (Fsp3) is 0.500. The maximum absolute atomic E-state index is 12.2. The van der Waals surface area contributed by atoms with Gasteiger partial charge < -0.3 is 0 Å². The first-order valence-electron chi connectivity index (χ1n) is 5.79. The molecule has 100 valence electrons. The van der Waals surface area contributed by atoms with Crippen LogP contribution in [0.25, 0.3) is 0 Å². The third-order valence-corrected chi connectivity index (χ3v) is 4.94. The standard InChI is InChI=1S/C12H17ClNO3P/c1-12(8-13)9-16-18(15,17-10-12)14-7-11-5-3-2-4-6-11/h2-6H,7-10H2,1H3,(H,14,15). The number of rotatable bonds is 4. The van der Waals surface area contributed by atoms with Crippen molar-refractivity contribution in [2.24, 2.45) is 5.41 Å². The molecule has 1 N–H and O–H groups in total. The lowest BCUT2D eigenvalue weighted by Gasteiger charge is -2.35. The predicted molar refractivity (Wildman–Crippen MR) is 71.6 cm³/mol. The molecule has 1 aliphatic heterocycles. The number of benzene rings is 1. The molecule has 0 bridgehead atoms. The third-order valence-electron chi connectivity index (χ3n) is 2.81. The van der Waals surface area contributed by atoms with Crippen LogP contribution in [0.5, 0.6) is 0 Å². The normalized spacial score (nSPS) is 32.3. The van der Waals surface area contributed by atoms with Crippen LogP contribution < -0.4 is 5.09 Å². The van der Waals surface area contributed by atoms with Crippen molar-refractivity contribution in [2.75, 3.05) is 19.1 Å². The summed E-state index contributed by atoms with van der Waals surface area (Å²) >= 11 is 5.82. The van der Waals surface area contributed by atoms with E-state index in [9.17, 15) is 4.57 Å². The van der Waals surface area contributed by atoms with Gasteiger partial charge in [0, 0.05) is 17.8 Å². The Labute approximate surface area is 112 Å². The lowest BCUT2D eigenvalue weighted by atomic mass is 9.96. The highest BCUT2D eigenvalue weighted by Crippen LogP contribution is 2.50. The summed E-state index contributed by atoms with van der Waals surface area (Å²) in [6.07, 6.45) is 0. The molecule has 4 nitrogen and oxygen atoms in total. The topological polar surface area (TPSA) is 47.6 Å². The van der Waals surface area contributed by atoms with Gasteiger partial charge in [0.05, 0.1) is 13.2 Å². The van der Waals surface area contributed by atoms with Gasteiger partial charge in [0.2, 0.25) is 0 Å². The minimum absolute atomic E-state index is 0.260. The van der Waals surface area contributed by atoms with Crippen LogP contribution in [0.15, 0.2) is 30.3 Å². The molecule has 0 saturated carbocycles. The van der Waals surface area contributed by atoms with Gasteiger partial charge >= 0.3 is 7.75 Å². The summed E-state index contributed by atoms with van der Waals surface area (Å²) in [6, 6.07) is 9.70. The fourth-order valence-corrected chi connectivity index (χ4v) is 3.26. The molecule has 18 heavy (non-hydrogen) atoms. The van der Waals surface area contributed by atoms with E-state index in [2.05, 4.69) is 5.09 Å². The van der Waals surface area contributed by atoms with Crippen LogP contribution in [-0.4, -0.2) is 19.1 Å². The molecule has 0 radical (unpaired) electrons. The fourth-order valence-electron chi connectivity index (χ4n) is 1.51. The van der Waals surface area contributed by atoms with E-state index in [1.807, 2.05) is 37.3 Å². The lowest BCUT2D eigenvalue weighted by Crippen LogP contribution is -2.36. The molecule has 6 heteroatoms. The van der Waals surface area contributed by atoms with Gasteiger partial charge in [0.15, 0.2) is 0 Å². The lowest BCUT2D eigenvalue weighted by molar-refractivity contribution is 0.0392. The summed E-state index contributed by atoms with van der Waals surface area (Å²) in [7, 11) is -3.18. The molecular formula is C12H17ClNO3P. The van der Waals surface area contributed by atoms with Gasteiger partial charge in [-0.2, -0.15) is 0 Å². The summed E-state index contributed by atoms with van der Waals surface area (Å²) in [5.74, 6) is 0.422. The number of hydrogen-bond donors (Lipinski definition) is 1. The molecule has 0 amide bonds. The number of halogens is 1. The van der Waals surface area contributed by atoms with Crippen LogP contribution >= 0.6 is 19.3 Å². The molecular weight excluding hydrogens is 273 g/mol. The molecule has 1 aromatic rings. The van der Waals surface area contributed by atoms with Crippen molar-refractivity contribution in [3.8, 4) is 0 Å². The first-order valence-corrected chi connectivity index (χ1v) is 7.87. The molecule has 1 aromatic carbocycles. The molecule has 0 aromatic heterocycles. The van der Waals surface area contributed by atoms with Crippen molar-refractivity contribution in [3.63, 3.8) is 0 Å². The molecule has 1 heterocycles. The van der Waals surface area contributed by atoms with Crippen molar-refractivity contribution >= 4 is 19.3 Å². The molecule has 1 fully saturated rings. The van der Waals surface area contributed by atoms with Crippen LogP contribution in [-0.2, 0) is 20.2 Å². The quantitative estimate of drug-likeness (QED) is 0.683. The first-order chi connectivity index (χ1) is 8.55. The zero-order chi connectivity index (χ0) is 13.1. The summed E-state index contributed by atoms with van der Waals surface area (Å²) in [4.78, 5) is 0. The van der Waals surface area contributed by atoms with Gasteiger partial charge in [-0.1, -0.05) is 37.3 Å². The van der Waals surface area contributed by atoms with E-state index in [-0.39, 0.29) is 5.41 Å². The van der Waals surface area contributed by atoms with Gasteiger partial charge in [-0.05, 0) is 5.56 Å². The van der Waals surface area contributed by atoms with Gasteiger partial charge in [-0.25, -0.2) is 9.65 Å². The second kappa shape index (κ2) is 5.72. The van der Waals surface area contributed by atoms with E-state index in [0.29, 0.717) is 25.6 Å². The van der Waals surface area contributed by atoms with E-state index in [4.69, 9.17) is 20.6 Å². The second-order valence-electron chi connectivity index (χ2n) is 4.81. The van der Waals surface area contributed by atoms with Crippen LogP contribution in [0, 0.1) is 5.41 Å². The zero-order valence-corrected chi connectivity index (χ0v) is 11.9. The molecule has 2 rings (SSSR count). The van der Waals surface area contributed by atoms with E-state index in [1.165, 1.54) is 0 Å². The van der Waals surface area contributed by atoms with E-state index < -0.39 is 7.75 Å². The highest BCUT2D eigenvalue weighted by Gasteiger charge is 2.38. The minimum Gasteiger partial charge on any atom is -0.296 e. The smallest absolute Gasteiger partial charge is 0.296 e. The SMILES string of the molecule is CC1(CCl)COP(=O)(NCc2ccccc2)OC1. The van der Waals surface area contributed by atoms with Crippen LogP contribution in [0.1, 0.15) is 12.5 Å². The third kappa shape index (κ3) is 3.56. The Hall–Kier alpha value is -0.380. The van der Waals surface area contributed by atoms with Crippen molar-refractivity contribution in [2.45, 2.75) is 13.5 Å². The minimum atomic E-state index is -3.18. The van der Waals surface area contributed by atoms with Gasteiger partial charge in [0.1, 0.15) is 0 Å². The highest BCUT2D eigenvalue weighted by atomic mass is 35.5. The van der Waals surface area contributed by atoms with Crippen LogP contribution in [0.2, 0.25) is 0 Å². The Balaban J connectivity index is 1.89. The first kappa shape index (κ1) is 14.0. The monoisotopic (exact) mass is 289 g/mol. The molecule has 1 saturated heterocycles. The average Bonchev–Trinajstić information content (AvgIpc) is 2.42. The number of nitrogens with one attached hydrogen (secondary N) is 1. The maximum Gasteiger partial charge on any atom is 0.405 e. The Morgan fingerprint density at radius 1 is 1.33 bits per heavy atom. The summed E-state index contributed by atoms with van der Waals surface area (Å²) in [5, 5.41) is 2.84. The number of alkyl halides is 1. The van der Waals surface area contributed by atoms with Crippen molar-refractivity contribution in [1.29, 1.82) is 0 Å². The zero-order valence-electron chi connectivity index (χ0n) is 10.3. The molecule has 1 aliphatic rings. The van der Waals surface area contributed by atoms with Crippen LogP contribution in [0.4, 0.5) is 0 Å². The Morgan fingerprint density at radius 2 is 1.94 bits per heavy atom. The van der Waals surface area contributed by atoms with Gasteiger partial charge in [-0.3, -0.25) is 9.05 Å². The summed E-state index contributed by atoms with van der Waals surface area (Å²) in [5.41, 5.74) is 0.773. The molecule has 0 unspecified atom stereocenters. The summed E-state index contributed by atoms with van der Waals surface area (Å²) < 4.78 is 22.9. The Bertz CT molecular complexity index is 428. The van der Waals surface area contributed by atoms with Crippen molar-refractivity contribution in [1.82, 2.24) is 5.09 Å². The predicted octanol–water partition coefficient (Wildman–Crippen LogP) is 3.18. The summed E-state index contributed by atoms with van der Waals surface area (Å²) in [6.45, 7) is 3.08. The number of hydrogen-bond acceptors (Lipinski definition) is 3. The van der Waals surface area contributed by atoms with Gasteiger partial charge in [-0.15, -0.1) is 11.6 Å². The van der Waals surface area contributed by atoms with E-state index >= 15 is 0 Å². The second-order valence-corrected chi connectivity index (χ2v) is 6.90. The van der Waals surface area contributed by atoms with Crippen molar-refractivity contribution in [3.05, 3.63) is 35.9 Å². The van der Waals surface area contributed by atoms with Crippen molar-refractivity contribution < 1.29 is 13.6 Å². The largest absolute Gasteiger partial charge is 0.405 e.